The largest absolute Gasteiger partial charge is 0.299 e. The fourth-order valence-electron chi connectivity index (χ4n) is 4.46. The second-order valence-corrected chi connectivity index (χ2v) is 9.11. The molecule has 3 fully saturated rings. The lowest BCUT2D eigenvalue weighted by atomic mass is 9.82. The summed E-state index contributed by atoms with van der Waals surface area (Å²) in [4.78, 5) is 12.2. The topological polar surface area (TPSA) is 54.5 Å². The molecular weight excluding hydrogens is 286 g/mol. The van der Waals surface area contributed by atoms with Crippen molar-refractivity contribution in [2.24, 2.45) is 5.92 Å². The lowest BCUT2D eigenvalue weighted by molar-refractivity contribution is -0.126. The molecule has 120 valence electrons. The number of hydrogen-bond donors (Lipinski definition) is 0. The van der Waals surface area contributed by atoms with Crippen LogP contribution in [0.3, 0.4) is 0 Å². The zero-order valence-electron chi connectivity index (χ0n) is 12.8. The number of rotatable bonds is 3. The van der Waals surface area contributed by atoms with Crippen LogP contribution in [0.1, 0.15) is 70.6 Å². The Morgan fingerprint density at radius 2 is 1.57 bits per heavy atom. The summed E-state index contributed by atoms with van der Waals surface area (Å²) in [7, 11) is -3.20. The molecule has 2 unspecified atom stereocenters. The van der Waals surface area contributed by atoms with E-state index in [1.165, 1.54) is 0 Å². The maximum Gasteiger partial charge on any atom is 0.217 e. The lowest BCUT2D eigenvalue weighted by Gasteiger charge is -2.35. The summed E-state index contributed by atoms with van der Waals surface area (Å²) in [6.07, 6.45) is 10.2. The molecule has 1 saturated heterocycles. The monoisotopic (exact) mass is 313 g/mol. The van der Waals surface area contributed by atoms with Gasteiger partial charge in [-0.05, 0) is 38.5 Å². The van der Waals surface area contributed by atoms with Crippen LogP contribution in [0, 0.1) is 5.92 Å². The molecule has 1 aliphatic heterocycles. The van der Waals surface area contributed by atoms with Crippen LogP contribution in [0.25, 0.3) is 0 Å². The van der Waals surface area contributed by atoms with Crippen molar-refractivity contribution in [1.82, 2.24) is 4.31 Å². The third kappa shape index (κ3) is 3.04. The maximum absolute atomic E-state index is 13.0. The molecule has 0 N–H and O–H groups in total. The van der Waals surface area contributed by atoms with E-state index in [2.05, 4.69) is 0 Å². The Labute approximate surface area is 128 Å². The van der Waals surface area contributed by atoms with E-state index < -0.39 is 10.0 Å². The van der Waals surface area contributed by atoms with Crippen LogP contribution >= 0.6 is 0 Å². The summed E-state index contributed by atoms with van der Waals surface area (Å²) >= 11 is 0. The molecule has 0 aromatic carbocycles. The van der Waals surface area contributed by atoms with Crippen LogP contribution in [0.5, 0.6) is 0 Å². The minimum atomic E-state index is -3.20. The van der Waals surface area contributed by atoms with Crippen molar-refractivity contribution in [3.8, 4) is 0 Å². The van der Waals surface area contributed by atoms with Gasteiger partial charge in [0.1, 0.15) is 5.78 Å². The summed E-state index contributed by atoms with van der Waals surface area (Å²) in [6.45, 7) is 0.632. The molecule has 3 aliphatic rings. The molecule has 2 atom stereocenters. The van der Waals surface area contributed by atoms with Crippen molar-refractivity contribution in [3.63, 3.8) is 0 Å². The van der Waals surface area contributed by atoms with Crippen LogP contribution in [-0.2, 0) is 14.8 Å². The van der Waals surface area contributed by atoms with Gasteiger partial charge >= 0.3 is 0 Å². The molecule has 0 aromatic heterocycles. The Balaban J connectivity index is 1.77. The maximum atomic E-state index is 13.0. The first-order chi connectivity index (χ1) is 10.1. The Morgan fingerprint density at radius 1 is 0.857 bits per heavy atom. The van der Waals surface area contributed by atoms with E-state index in [0.717, 1.165) is 64.2 Å². The Morgan fingerprint density at radius 3 is 2.29 bits per heavy atom. The van der Waals surface area contributed by atoms with E-state index in [0.29, 0.717) is 18.7 Å². The number of ketones is 1. The van der Waals surface area contributed by atoms with Crippen LogP contribution in [-0.4, -0.2) is 36.3 Å². The summed E-state index contributed by atoms with van der Waals surface area (Å²) in [6, 6.07) is -0.0373. The molecule has 0 spiro atoms. The van der Waals surface area contributed by atoms with E-state index in [4.69, 9.17) is 0 Å². The van der Waals surface area contributed by atoms with Gasteiger partial charge in [0.05, 0.1) is 5.25 Å². The van der Waals surface area contributed by atoms with Crippen molar-refractivity contribution in [1.29, 1.82) is 0 Å². The van der Waals surface area contributed by atoms with E-state index in [1.807, 2.05) is 0 Å². The number of nitrogens with zero attached hydrogens (tertiary/aromatic N) is 1. The van der Waals surface area contributed by atoms with Gasteiger partial charge < -0.3 is 0 Å². The molecule has 1 heterocycles. The fraction of sp³-hybridized carbons (Fsp3) is 0.938. The van der Waals surface area contributed by atoms with Crippen molar-refractivity contribution in [3.05, 3.63) is 0 Å². The predicted molar refractivity (Wildman–Crippen MR) is 82.5 cm³/mol. The SMILES string of the molecule is O=C1CCCCC1C1CCCN1S(=O)(=O)C1CCCCC1. The van der Waals surface area contributed by atoms with Crippen LogP contribution < -0.4 is 0 Å². The van der Waals surface area contributed by atoms with Gasteiger partial charge in [0.15, 0.2) is 0 Å². The first kappa shape index (κ1) is 15.5. The van der Waals surface area contributed by atoms with Gasteiger partial charge in [0.2, 0.25) is 10.0 Å². The number of sulfonamides is 1. The number of hydrogen-bond acceptors (Lipinski definition) is 3. The van der Waals surface area contributed by atoms with E-state index in [-0.39, 0.29) is 17.2 Å². The quantitative estimate of drug-likeness (QED) is 0.805. The molecule has 0 amide bonds. The highest BCUT2D eigenvalue weighted by Crippen LogP contribution is 2.37. The average Bonchev–Trinajstić information content (AvgIpc) is 2.99. The summed E-state index contributed by atoms with van der Waals surface area (Å²) in [5, 5.41) is -0.189. The normalized spacial score (nSPS) is 33.4. The second-order valence-electron chi connectivity index (χ2n) is 6.94. The van der Waals surface area contributed by atoms with Gasteiger partial charge in [-0.1, -0.05) is 25.7 Å². The molecule has 3 rings (SSSR count). The Kier molecular flexibility index (Phi) is 4.69. The van der Waals surface area contributed by atoms with Gasteiger partial charge in [-0.25, -0.2) is 8.42 Å². The predicted octanol–water partition coefficient (Wildman–Crippen LogP) is 2.87. The Hall–Kier alpha value is -0.420. The highest BCUT2D eigenvalue weighted by atomic mass is 32.2. The molecule has 2 aliphatic carbocycles. The van der Waals surface area contributed by atoms with E-state index in [1.54, 1.807) is 4.31 Å². The third-order valence-electron chi connectivity index (χ3n) is 5.61. The molecule has 2 saturated carbocycles. The minimum absolute atomic E-state index is 0.0281. The van der Waals surface area contributed by atoms with Gasteiger partial charge in [-0.2, -0.15) is 4.31 Å². The molecule has 5 heteroatoms. The van der Waals surface area contributed by atoms with Crippen molar-refractivity contribution in [2.45, 2.75) is 81.9 Å². The van der Waals surface area contributed by atoms with Gasteiger partial charge in [-0.15, -0.1) is 0 Å². The Bertz CT molecular complexity index is 482. The number of carbonyl (C=O) groups excluding carboxylic acids is 1. The molecular formula is C16H27NO3S. The summed E-state index contributed by atoms with van der Waals surface area (Å²) < 4.78 is 27.7. The van der Waals surface area contributed by atoms with E-state index in [9.17, 15) is 13.2 Å². The molecule has 0 bridgehead atoms. The van der Waals surface area contributed by atoms with Gasteiger partial charge in [0, 0.05) is 24.9 Å². The highest BCUT2D eigenvalue weighted by molar-refractivity contribution is 7.89. The zero-order valence-corrected chi connectivity index (χ0v) is 13.6. The third-order valence-corrected chi connectivity index (χ3v) is 8.04. The number of Topliss-reactive ketones (excluding diaryl/α,β-unsaturated/α-hetero) is 1. The molecule has 4 nitrogen and oxygen atoms in total. The van der Waals surface area contributed by atoms with Crippen LogP contribution in [0.4, 0.5) is 0 Å². The van der Waals surface area contributed by atoms with Gasteiger partial charge in [-0.3, -0.25) is 4.79 Å². The second kappa shape index (κ2) is 6.37. The summed E-state index contributed by atoms with van der Waals surface area (Å²) in [5.74, 6) is 0.275. The fourth-order valence-corrected chi connectivity index (χ4v) is 6.78. The zero-order chi connectivity index (χ0) is 14.9. The lowest BCUT2D eigenvalue weighted by Crippen LogP contribution is -2.47. The summed E-state index contributed by atoms with van der Waals surface area (Å²) in [5.41, 5.74) is 0. The molecule has 0 radical (unpaired) electrons. The van der Waals surface area contributed by atoms with Crippen LogP contribution in [0.2, 0.25) is 0 Å². The standard InChI is InChI=1S/C16H27NO3S/c18-16-11-5-4-9-14(16)15-10-6-12-17(15)21(19,20)13-7-2-1-3-8-13/h13-15H,1-12H2. The minimum Gasteiger partial charge on any atom is -0.299 e. The highest BCUT2D eigenvalue weighted by Gasteiger charge is 2.44. The molecule has 21 heavy (non-hydrogen) atoms. The first-order valence-electron chi connectivity index (χ1n) is 8.64. The smallest absolute Gasteiger partial charge is 0.217 e. The molecule has 0 aromatic rings. The van der Waals surface area contributed by atoms with Crippen molar-refractivity contribution >= 4 is 15.8 Å². The van der Waals surface area contributed by atoms with Crippen LogP contribution in [0.15, 0.2) is 0 Å². The van der Waals surface area contributed by atoms with Crippen molar-refractivity contribution in [2.75, 3.05) is 6.54 Å². The van der Waals surface area contributed by atoms with Crippen molar-refractivity contribution < 1.29 is 13.2 Å². The van der Waals surface area contributed by atoms with E-state index >= 15 is 0 Å². The number of carbonyl (C=O) groups is 1. The average molecular weight is 313 g/mol. The van der Waals surface area contributed by atoms with Gasteiger partial charge in [0.25, 0.3) is 0 Å². The first-order valence-corrected chi connectivity index (χ1v) is 10.1.